The van der Waals surface area contributed by atoms with Gasteiger partial charge in [0.05, 0.1) is 11.3 Å². The summed E-state index contributed by atoms with van der Waals surface area (Å²) in [5.74, 6) is 1.49. The molecule has 1 heterocycles. The van der Waals surface area contributed by atoms with Crippen molar-refractivity contribution in [2.75, 3.05) is 0 Å². The molecule has 0 spiro atoms. The van der Waals surface area contributed by atoms with Gasteiger partial charge in [0.1, 0.15) is 5.82 Å². The maximum absolute atomic E-state index is 11.3. The Kier molecular flexibility index (Phi) is 3.32. The fourth-order valence-corrected chi connectivity index (χ4v) is 2.39. The molecule has 1 aliphatic carbocycles. The average molecular weight is 218 g/mol. The Labute approximate surface area is 96.3 Å². The summed E-state index contributed by atoms with van der Waals surface area (Å²) < 4.78 is 0. The van der Waals surface area contributed by atoms with Crippen molar-refractivity contribution in [2.45, 2.75) is 51.9 Å². The standard InChI is InChI=1S/C13H18N2O/c1-9-12(10(2)16)8-14-13(15-9)11-6-4-3-5-7-11/h8,11H,3-7H2,1-2H3. The topological polar surface area (TPSA) is 42.9 Å². The number of carbonyl (C=O) groups is 1. The van der Waals surface area contributed by atoms with E-state index in [4.69, 9.17) is 0 Å². The predicted molar refractivity (Wildman–Crippen MR) is 62.6 cm³/mol. The highest BCUT2D eigenvalue weighted by Crippen LogP contribution is 2.30. The lowest BCUT2D eigenvalue weighted by Gasteiger charge is -2.20. The largest absolute Gasteiger partial charge is 0.294 e. The smallest absolute Gasteiger partial charge is 0.163 e. The van der Waals surface area contributed by atoms with Crippen molar-refractivity contribution < 1.29 is 4.79 Å². The second kappa shape index (κ2) is 4.73. The Balaban J connectivity index is 2.23. The van der Waals surface area contributed by atoms with Crippen molar-refractivity contribution >= 4 is 5.78 Å². The van der Waals surface area contributed by atoms with E-state index in [2.05, 4.69) is 9.97 Å². The number of rotatable bonds is 2. The number of aryl methyl sites for hydroxylation is 1. The van der Waals surface area contributed by atoms with Gasteiger partial charge in [0.25, 0.3) is 0 Å². The molecule has 0 saturated heterocycles. The van der Waals surface area contributed by atoms with Gasteiger partial charge < -0.3 is 0 Å². The van der Waals surface area contributed by atoms with Crippen LogP contribution in [0, 0.1) is 6.92 Å². The monoisotopic (exact) mass is 218 g/mol. The summed E-state index contributed by atoms with van der Waals surface area (Å²) in [6.45, 7) is 3.46. The lowest BCUT2D eigenvalue weighted by atomic mass is 9.88. The Morgan fingerprint density at radius 2 is 2.00 bits per heavy atom. The van der Waals surface area contributed by atoms with Gasteiger partial charge in [-0.15, -0.1) is 0 Å². The molecule has 1 aromatic rings. The van der Waals surface area contributed by atoms with E-state index >= 15 is 0 Å². The number of hydrogen-bond donors (Lipinski definition) is 0. The zero-order valence-electron chi connectivity index (χ0n) is 9.99. The highest BCUT2D eigenvalue weighted by Gasteiger charge is 2.19. The fourth-order valence-electron chi connectivity index (χ4n) is 2.39. The molecule has 0 amide bonds. The van der Waals surface area contributed by atoms with Crippen LogP contribution < -0.4 is 0 Å². The lowest BCUT2D eigenvalue weighted by molar-refractivity contribution is 0.101. The SMILES string of the molecule is CC(=O)c1cnc(C2CCCCC2)nc1C. The Morgan fingerprint density at radius 1 is 1.31 bits per heavy atom. The van der Waals surface area contributed by atoms with Crippen molar-refractivity contribution in [2.24, 2.45) is 0 Å². The maximum atomic E-state index is 11.3. The summed E-state index contributed by atoms with van der Waals surface area (Å²) in [6, 6.07) is 0. The van der Waals surface area contributed by atoms with Gasteiger partial charge >= 0.3 is 0 Å². The number of Topliss-reactive ketones (excluding diaryl/α,β-unsaturated/α-hetero) is 1. The van der Waals surface area contributed by atoms with Gasteiger partial charge in [0, 0.05) is 12.1 Å². The van der Waals surface area contributed by atoms with E-state index < -0.39 is 0 Å². The van der Waals surface area contributed by atoms with Crippen LogP contribution in [0.3, 0.4) is 0 Å². The lowest BCUT2D eigenvalue weighted by Crippen LogP contribution is -2.11. The highest BCUT2D eigenvalue weighted by atomic mass is 16.1. The van der Waals surface area contributed by atoms with Crippen LogP contribution >= 0.6 is 0 Å². The van der Waals surface area contributed by atoms with Crippen LogP contribution in [0.15, 0.2) is 6.20 Å². The molecule has 86 valence electrons. The number of carbonyl (C=O) groups excluding carboxylic acids is 1. The van der Waals surface area contributed by atoms with E-state index in [1.54, 1.807) is 13.1 Å². The first kappa shape index (κ1) is 11.2. The molecule has 1 aromatic heterocycles. The number of ketones is 1. The van der Waals surface area contributed by atoms with Gasteiger partial charge in [-0.05, 0) is 26.7 Å². The minimum absolute atomic E-state index is 0.0488. The predicted octanol–water partition coefficient (Wildman–Crippen LogP) is 3.04. The fraction of sp³-hybridized carbons (Fsp3) is 0.615. The molecule has 1 fully saturated rings. The van der Waals surface area contributed by atoms with Gasteiger partial charge in [0.2, 0.25) is 0 Å². The summed E-state index contributed by atoms with van der Waals surface area (Å²) >= 11 is 0. The Morgan fingerprint density at radius 3 is 2.56 bits per heavy atom. The summed E-state index contributed by atoms with van der Waals surface area (Å²) in [7, 11) is 0. The molecule has 1 saturated carbocycles. The van der Waals surface area contributed by atoms with Gasteiger partial charge in [-0.2, -0.15) is 0 Å². The molecule has 0 bridgehead atoms. The molecule has 0 unspecified atom stereocenters. The molecule has 0 aromatic carbocycles. The summed E-state index contributed by atoms with van der Waals surface area (Å²) in [5, 5.41) is 0. The minimum Gasteiger partial charge on any atom is -0.294 e. The van der Waals surface area contributed by atoms with Crippen LogP contribution in [0.25, 0.3) is 0 Å². The molecular formula is C13H18N2O. The zero-order valence-corrected chi connectivity index (χ0v) is 9.99. The third kappa shape index (κ3) is 2.29. The average Bonchev–Trinajstić information content (AvgIpc) is 2.29. The summed E-state index contributed by atoms with van der Waals surface area (Å²) in [4.78, 5) is 20.1. The molecule has 0 aliphatic heterocycles. The second-order valence-corrected chi connectivity index (χ2v) is 4.62. The Bertz CT molecular complexity index is 395. The molecule has 3 heteroatoms. The molecule has 2 rings (SSSR count). The molecule has 0 atom stereocenters. The van der Waals surface area contributed by atoms with Gasteiger partial charge in [0.15, 0.2) is 5.78 Å². The van der Waals surface area contributed by atoms with Crippen LogP contribution in [0.1, 0.15) is 66.8 Å². The molecule has 3 nitrogen and oxygen atoms in total. The van der Waals surface area contributed by atoms with Crippen LogP contribution in [0.4, 0.5) is 0 Å². The number of hydrogen-bond acceptors (Lipinski definition) is 3. The van der Waals surface area contributed by atoms with Crippen molar-refractivity contribution in [3.05, 3.63) is 23.3 Å². The number of nitrogens with zero attached hydrogens (tertiary/aromatic N) is 2. The summed E-state index contributed by atoms with van der Waals surface area (Å²) in [5.41, 5.74) is 1.47. The van der Waals surface area contributed by atoms with Gasteiger partial charge in [-0.25, -0.2) is 9.97 Å². The Hall–Kier alpha value is -1.25. The van der Waals surface area contributed by atoms with Crippen LogP contribution in [0.5, 0.6) is 0 Å². The van der Waals surface area contributed by atoms with Crippen LogP contribution in [-0.2, 0) is 0 Å². The van der Waals surface area contributed by atoms with Crippen molar-refractivity contribution in [1.82, 2.24) is 9.97 Å². The van der Waals surface area contributed by atoms with Crippen molar-refractivity contribution in [3.63, 3.8) is 0 Å². The maximum Gasteiger partial charge on any atom is 0.163 e. The van der Waals surface area contributed by atoms with E-state index in [1.165, 1.54) is 32.1 Å². The molecule has 0 N–H and O–H groups in total. The normalized spacial score (nSPS) is 17.4. The van der Waals surface area contributed by atoms with Gasteiger partial charge in [-0.3, -0.25) is 4.79 Å². The van der Waals surface area contributed by atoms with Crippen LogP contribution in [-0.4, -0.2) is 15.8 Å². The van der Waals surface area contributed by atoms with E-state index in [9.17, 15) is 4.79 Å². The van der Waals surface area contributed by atoms with Crippen LogP contribution in [0.2, 0.25) is 0 Å². The van der Waals surface area contributed by atoms with Gasteiger partial charge in [-0.1, -0.05) is 19.3 Å². The molecular weight excluding hydrogens is 200 g/mol. The first-order chi connectivity index (χ1) is 7.68. The van der Waals surface area contributed by atoms with Crippen molar-refractivity contribution in [1.29, 1.82) is 0 Å². The highest BCUT2D eigenvalue weighted by molar-refractivity contribution is 5.94. The second-order valence-electron chi connectivity index (χ2n) is 4.62. The van der Waals surface area contributed by atoms with E-state index in [-0.39, 0.29) is 5.78 Å². The van der Waals surface area contributed by atoms with E-state index in [0.717, 1.165) is 11.5 Å². The van der Waals surface area contributed by atoms with E-state index in [1.807, 2.05) is 6.92 Å². The summed E-state index contributed by atoms with van der Waals surface area (Å²) in [6.07, 6.45) is 7.97. The van der Waals surface area contributed by atoms with E-state index in [0.29, 0.717) is 11.5 Å². The first-order valence-corrected chi connectivity index (χ1v) is 6.03. The minimum atomic E-state index is 0.0488. The molecule has 0 radical (unpaired) electrons. The third-order valence-electron chi connectivity index (χ3n) is 3.35. The first-order valence-electron chi connectivity index (χ1n) is 6.03. The molecule has 1 aliphatic rings. The number of aromatic nitrogens is 2. The van der Waals surface area contributed by atoms with Crippen molar-refractivity contribution in [3.8, 4) is 0 Å². The zero-order chi connectivity index (χ0) is 11.5. The molecule has 16 heavy (non-hydrogen) atoms. The quantitative estimate of drug-likeness (QED) is 0.716. The third-order valence-corrected chi connectivity index (χ3v) is 3.35.